The quantitative estimate of drug-likeness (QED) is 0.238. The second-order valence-corrected chi connectivity index (χ2v) is 10.4. The number of hydrogen-bond donors (Lipinski definition) is 2. The van der Waals surface area contributed by atoms with E-state index in [9.17, 15) is 31.7 Å². The molecule has 0 radical (unpaired) electrons. The fourth-order valence-electron chi connectivity index (χ4n) is 4.97. The van der Waals surface area contributed by atoms with Gasteiger partial charge in [0, 0.05) is 23.7 Å². The fourth-order valence-corrected chi connectivity index (χ4v) is 6.06. The molecule has 0 aromatic heterocycles. The minimum Gasteiger partial charge on any atom is -0.378 e. The highest BCUT2D eigenvalue weighted by atomic mass is 32.2. The van der Waals surface area contributed by atoms with E-state index >= 15 is 0 Å². The third-order valence-corrected chi connectivity index (χ3v) is 7.93. The summed E-state index contributed by atoms with van der Waals surface area (Å²) in [5.74, 6) is -0.510. The first-order chi connectivity index (χ1) is 17.0. The van der Waals surface area contributed by atoms with Gasteiger partial charge in [-0.25, -0.2) is 8.42 Å². The highest BCUT2D eigenvalue weighted by Gasteiger charge is 2.42. The molecule has 7 nitrogen and oxygen atoms in total. The van der Waals surface area contributed by atoms with Crippen molar-refractivity contribution in [3.63, 3.8) is 0 Å². The van der Waals surface area contributed by atoms with Crippen LogP contribution in [0.25, 0.3) is 0 Å². The van der Waals surface area contributed by atoms with E-state index in [1.165, 1.54) is 42.5 Å². The van der Waals surface area contributed by atoms with Gasteiger partial charge in [-0.15, -0.1) is 0 Å². The number of benzene rings is 3. The summed E-state index contributed by atoms with van der Waals surface area (Å²) in [5.41, 5.74) is 0.460. The van der Waals surface area contributed by atoms with Crippen LogP contribution in [0.4, 0.5) is 30.2 Å². The van der Waals surface area contributed by atoms with Gasteiger partial charge in [0.15, 0.2) is 0 Å². The Bertz CT molecular complexity index is 1490. The van der Waals surface area contributed by atoms with E-state index in [0.717, 1.165) is 12.1 Å². The van der Waals surface area contributed by atoms with Crippen LogP contribution in [-0.2, 0) is 16.2 Å². The largest absolute Gasteiger partial charge is 0.416 e. The molecule has 5 rings (SSSR count). The van der Waals surface area contributed by atoms with Gasteiger partial charge in [-0.05, 0) is 53.8 Å². The van der Waals surface area contributed by atoms with Crippen molar-refractivity contribution in [3.8, 4) is 0 Å². The number of anilines is 2. The molecule has 0 saturated carbocycles. The zero-order valence-corrected chi connectivity index (χ0v) is 19.4. The van der Waals surface area contributed by atoms with Crippen LogP contribution >= 0.6 is 0 Å². The smallest absolute Gasteiger partial charge is 0.378 e. The van der Waals surface area contributed by atoms with Gasteiger partial charge in [0.1, 0.15) is 0 Å². The number of non-ortho nitro benzene ring substituents is 1. The van der Waals surface area contributed by atoms with Gasteiger partial charge < -0.3 is 5.32 Å². The molecule has 0 fully saturated rings. The van der Waals surface area contributed by atoms with Gasteiger partial charge in [-0.3, -0.25) is 14.8 Å². The van der Waals surface area contributed by atoms with Gasteiger partial charge in [0.2, 0.25) is 0 Å². The maximum absolute atomic E-state index is 13.7. The van der Waals surface area contributed by atoms with Gasteiger partial charge in [0.25, 0.3) is 15.7 Å². The van der Waals surface area contributed by atoms with Crippen molar-refractivity contribution in [2.75, 3.05) is 10.0 Å². The SMILES string of the molecule is O=[N+]([O-])c1cccc(NS(=O)(=O)c2ccc3c(c2)[C@H]2C=CC[C@H]2[C@@H](c2ccccc2C(F)(F)F)N3)c1. The van der Waals surface area contributed by atoms with Crippen molar-refractivity contribution in [1.82, 2.24) is 0 Å². The average molecular weight is 516 g/mol. The highest BCUT2D eigenvalue weighted by Crippen LogP contribution is 2.51. The van der Waals surface area contributed by atoms with Crippen LogP contribution in [0.1, 0.15) is 35.1 Å². The van der Waals surface area contributed by atoms with E-state index < -0.39 is 32.7 Å². The lowest BCUT2D eigenvalue weighted by Gasteiger charge is -2.38. The molecule has 1 aliphatic carbocycles. The standard InChI is InChI=1S/C25H20F3N3O4S/c26-25(27,28)22-10-2-1-7-20(22)24-19-9-4-8-18(19)21-14-17(11-12-23(21)29-24)36(34,35)30-15-5-3-6-16(13-15)31(32)33/h1-8,10-14,18-19,24,29-30H,9H2/t18-,19+,24-/m0/s1. The molecule has 3 aromatic rings. The van der Waals surface area contributed by atoms with E-state index in [-0.39, 0.29) is 33.7 Å². The Morgan fingerprint density at radius 1 is 1.00 bits per heavy atom. The zero-order chi connectivity index (χ0) is 25.7. The van der Waals surface area contributed by atoms with Gasteiger partial charge in [-0.2, -0.15) is 13.2 Å². The average Bonchev–Trinajstić information content (AvgIpc) is 3.33. The second-order valence-electron chi connectivity index (χ2n) is 8.72. The molecule has 2 aliphatic rings. The zero-order valence-electron chi connectivity index (χ0n) is 18.6. The number of nitro groups is 1. The third-order valence-electron chi connectivity index (χ3n) is 6.55. The van der Waals surface area contributed by atoms with Crippen molar-refractivity contribution in [2.24, 2.45) is 5.92 Å². The van der Waals surface area contributed by atoms with Crippen molar-refractivity contribution >= 4 is 27.1 Å². The molecule has 0 spiro atoms. The number of halogens is 3. The van der Waals surface area contributed by atoms with Crippen LogP contribution in [0.15, 0.2) is 83.8 Å². The predicted octanol–water partition coefficient (Wildman–Crippen LogP) is 6.24. The third kappa shape index (κ3) is 4.30. The molecule has 11 heteroatoms. The highest BCUT2D eigenvalue weighted by molar-refractivity contribution is 7.92. The Labute approximate surface area is 204 Å². The lowest BCUT2D eigenvalue weighted by Crippen LogP contribution is -2.31. The topological polar surface area (TPSA) is 101 Å². The van der Waals surface area contributed by atoms with Crippen molar-refractivity contribution in [3.05, 3.63) is 106 Å². The molecule has 0 saturated heterocycles. The van der Waals surface area contributed by atoms with Crippen LogP contribution in [0.2, 0.25) is 0 Å². The molecule has 1 aliphatic heterocycles. The Morgan fingerprint density at radius 3 is 2.53 bits per heavy atom. The van der Waals surface area contributed by atoms with Crippen molar-refractivity contribution in [2.45, 2.75) is 29.5 Å². The number of rotatable bonds is 5. The summed E-state index contributed by atoms with van der Waals surface area (Å²) in [5, 5.41) is 14.2. The molecule has 3 aromatic carbocycles. The predicted molar refractivity (Wildman–Crippen MR) is 128 cm³/mol. The summed E-state index contributed by atoms with van der Waals surface area (Å²) in [7, 11) is -4.08. The van der Waals surface area contributed by atoms with Gasteiger partial charge >= 0.3 is 6.18 Å². The van der Waals surface area contributed by atoms with Crippen molar-refractivity contribution < 1.29 is 26.5 Å². The summed E-state index contributed by atoms with van der Waals surface area (Å²) >= 11 is 0. The van der Waals surface area contributed by atoms with E-state index in [1.54, 1.807) is 12.1 Å². The summed E-state index contributed by atoms with van der Waals surface area (Å²) in [6.45, 7) is 0. The molecule has 36 heavy (non-hydrogen) atoms. The first-order valence-electron chi connectivity index (χ1n) is 11.0. The lowest BCUT2D eigenvalue weighted by molar-refractivity contribution is -0.384. The molecule has 0 bridgehead atoms. The fraction of sp³-hybridized carbons (Fsp3) is 0.200. The Hall–Kier alpha value is -3.86. The van der Waals surface area contributed by atoms with Crippen LogP contribution in [0.3, 0.4) is 0 Å². The number of hydrogen-bond acceptors (Lipinski definition) is 5. The number of alkyl halides is 3. The van der Waals surface area contributed by atoms with E-state index in [2.05, 4.69) is 10.0 Å². The number of sulfonamides is 1. The van der Waals surface area contributed by atoms with Crippen molar-refractivity contribution in [1.29, 1.82) is 0 Å². The minimum absolute atomic E-state index is 0.0440. The molecule has 0 amide bonds. The molecular weight excluding hydrogens is 495 g/mol. The molecule has 1 heterocycles. The Morgan fingerprint density at radius 2 is 1.78 bits per heavy atom. The Balaban J connectivity index is 1.50. The van der Waals surface area contributed by atoms with Gasteiger partial charge in [-0.1, -0.05) is 36.4 Å². The molecule has 0 unspecified atom stereocenters. The lowest BCUT2D eigenvalue weighted by atomic mass is 9.76. The van der Waals surface area contributed by atoms with Gasteiger partial charge in [0.05, 0.1) is 27.1 Å². The maximum Gasteiger partial charge on any atom is 0.416 e. The number of fused-ring (bicyclic) bond motifs is 3. The molecule has 3 atom stereocenters. The first-order valence-corrected chi connectivity index (χ1v) is 12.5. The van der Waals surface area contributed by atoms with Crippen LogP contribution < -0.4 is 10.0 Å². The molecule has 2 N–H and O–H groups in total. The normalized spacial score (nSPS) is 20.8. The maximum atomic E-state index is 13.7. The Kier molecular flexibility index (Phi) is 5.74. The summed E-state index contributed by atoms with van der Waals surface area (Å²) < 4.78 is 69.6. The monoisotopic (exact) mass is 515 g/mol. The van der Waals surface area contributed by atoms with E-state index in [0.29, 0.717) is 17.7 Å². The minimum atomic E-state index is -4.50. The summed E-state index contributed by atoms with van der Waals surface area (Å²) in [6, 6.07) is 14.4. The second kappa shape index (κ2) is 8.66. The first kappa shape index (κ1) is 23.9. The number of nitro benzene ring substituents is 1. The van der Waals surface area contributed by atoms with Crippen LogP contribution in [0.5, 0.6) is 0 Å². The number of allylic oxidation sites excluding steroid dienone is 2. The van der Waals surface area contributed by atoms with Crippen LogP contribution in [0, 0.1) is 16.0 Å². The number of nitrogens with zero attached hydrogens (tertiary/aromatic N) is 1. The number of nitrogens with one attached hydrogen (secondary N) is 2. The van der Waals surface area contributed by atoms with E-state index in [1.807, 2.05) is 12.2 Å². The van der Waals surface area contributed by atoms with E-state index in [4.69, 9.17) is 0 Å². The molecule has 186 valence electrons. The van der Waals surface area contributed by atoms with Crippen LogP contribution in [-0.4, -0.2) is 13.3 Å². The molecular formula is C25H20F3N3O4S. The summed E-state index contributed by atoms with van der Waals surface area (Å²) in [4.78, 5) is 10.3. The summed E-state index contributed by atoms with van der Waals surface area (Å²) in [6.07, 6.45) is -0.164.